The van der Waals surface area contributed by atoms with Gasteiger partial charge in [-0.3, -0.25) is 4.79 Å². The summed E-state index contributed by atoms with van der Waals surface area (Å²) in [5.74, 6) is 0.162. The van der Waals surface area contributed by atoms with E-state index in [0.29, 0.717) is 0 Å². The van der Waals surface area contributed by atoms with E-state index in [0.717, 1.165) is 53.9 Å². The summed E-state index contributed by atoms with van der Waals surface area (Å²) in [6.07, 6.45) is 3.92. The monoisotopic (exact) mass is 423 g/mol. The topological polar surface area (TPSA) is 20.3 Å². The molecule has 2 aliphatic rings. The highest BCUT2D eigenvalue weighted by Gasteiger charge is 2.32. The molecule has 1 saturated heterocycles. The highest BCUT2D eigenvalue weighted by Crippen LogP contribution is 2.43. The van der Waals surface area contributed by atoms with Crippen molar-refractivity contribution in [3.63, 3.8) is 0 Å². The zero-order valence-electron chi connectivity index (χ0n) is 17.2. The Hall–Kier alpha value is -3.10. The molecule has 152 valence electrons. The number of halogens is 1. The van der Waals surface area contributed by atoms with Crippen LogP contribution in [0.1, 0.15) is 30.4 Å². The number of allylic oxidation sites excluding steroid dienone is 1. The van der Waals surface area contributed by atoms with Gasteiger partial charge in [0.25, 0.3) is 5.91 Å². The van der Waals surface area contributed by atoms with Crippen LogP contribution in [0.3, 0.4) is 0 Å². The van der Waals surface area contributed by atoms with E-state index in [1.807, 2.05) is 47.4 Å². The van der Waals surface area contributed by atoms with E-state index in [4.69, 9.17) is 11.6 Å². The van der Waals surface area contributed by atoms with Gasteiger partial charge in [0.2, 0.25) is 0 Å². The van der Waals surface area contributed by atoms with Gasteiger partial charge >= 0.3 is 0 Å². The highest BCUT2D eigenvalue weighted by molar-refractivity contribution is 6.36. The van der Waals surface area contributed by atoms with E-state index in [1.165, 1.54) is 32.9 Å². The first-order chi connectivity index (χ1) is 15.2. The lowest BCUT2D eigenvalue weighted by Crippen LogP contribution is -2.24. The van der Waals surface area contributed by atoms with E-state index in [1.54, 1.807) is 0 Å². The van der Waals surface area contributed by atoms with Gasteiger partial charge < -0.3 is 4.90 Å². The minimum absolute atomic E-state index is 0.162. The molecule has 1 fully saturated rings. The van der Waals surface area contributed by atoms with Gasteiger partial charge in [0.1, 0.15) is 0 Å². The van der Waals surface area contributed by atoms with Crippen molar-refractivity contribution in [1.82, 2.24) is 0 Å². The van der Waals surface area contributed by atoms with Gasteiger partial charge in [0.15, 0.2) is 0 Å². The van der Waals surface area contributed by atoms with Crippen LogP contribution in [0.2, 0.25) is 5.02 Å². The number of carbonyl (C=O) groups is 1. The van der Waals surface area contributed by atoms with Crippen molar-refractivity contribution >= 4 is 50.3 Å². The Balaban J connectivity index is 1.56. The molecule has 4 aromatic rings. The predicted octanol–water partition coefficient (Wildman–Crippen LogP) is 7.17. The number of para-hydroxylation sites is 1. The largest absolute Gasteiger partial charge is 0.308 e. The molecule has 1 aliphatic heterocycles. The molecular weight excluding hydrogens is 402 g/mol. The van der Waals surface area contributed by atoms with Gasteiger partial charge in [-0.05, 0) is 76.7 Å². The van der Waals surface area contributed by atoms with E-state index in [9.17, 15) is 4.79 Å². The molecule has 4 aromatic carbocycles. The molecule has 3 heteroatoms. The molecule has 0 bridgehead atoms. The van der Waals surface area contributed by atoms with E-state index in [2.05, 4.69) is 30.3 Å². The number of hydrogen-bond acceptors (Lipinski definition) is 1. The van der Waals surface area contributed by atoms with Crippen molar-refractivity contribution in [2.45, 2.75) is 25.7 Å². The van der Waals surface area contributed by atoms with Crippen LogP contribution in [0.5, 0.6) is 0 Å². The lowest BCUT2D eigenvalue weighted by molar-refractivity contribution is -0.114. The molecule has 0 aromatic heterocycles. The van der Waals surface area contributed by atoms with Gasteiger partial charge in [-0.1, -0.05) is 66.2 Å². The molecule has 0 unspecified atom stereocenters. The van der Waals surface area contributed by atoms with Crippen LogP contribution >= 0.6 is 11.6 Å². The van der Waals surface area contributed by atoms with Gasteiger partial charge in [-0.15, -0.1) is 0 Å². The Labute approximate surface area is 186 Å². The van der Waals surface area contributed by atoms with Crippen molar-refractivity contribution in [2.24, 2.45) is 0 Å². The lowest BCUT2D eigenvalue weighted by Gasteiger charge is -2.24. The smallest absolute Gasteiger partial charge is 0.254 e. The normalized spacial score (nSPS) is 18.7. The third-order valence-electron chi connectivity index (χ3n) is 6.79. The van der Waals surface area contributed by atoms with E-state index in [-0.39, 0.29) is 5.91 Å². The van der Waals surface area contributed by atoms with Crippen molar-refractivity contribution < 1.29 is 4.79 Å². The van der Waals surface area contributed by atoms with Crippen LogP contribution in [0.15, 0.2) is 78.4 Å². The SMILES string of the molecule is O=C1C(=C2CCCc3ccc4c(ccc5c(Cl)cccc54)c32)CCN1c1ccccc1. The van der Waals surface area contributed by atoms with Crippen molar-refractivity contribution in [3.8, 4) is 0 Å². The van der Waals surface area contributed by atoms with Gasteiger partial charge in [-0.2, -0.15) is 0 Å². The molecule has 1 amide bonds. The van der Waals surface area contributed by atoms with Crippen molar-refractivity contribution in [1.29, 1.82) is 0 Å². The first kappa shape index (κ1) is 18.7. The van der Waals surface area contributed by atoms with Crippen LogP contribution in [-0.4, -0.2) is 12.5 Å². The average Bonchev–Trinajstić information content (AvgIpc) is 3.20. The van der Waals surface area contributed by atoms with Crippen LogP contribution in [0, 0.1) is 0 Å². The molecule has 1 aliphatic carbocycles. The summed E-state index contributed by atoms with van der Waals surface area (Å²) in [4.78, 5) is 15.4. The van der Waals surface area contributed by atoms with Crippen molar-refractivity contribution in [2.75, 3.05) is 11.4 Å². The molecule has 0 spiro atoms. The summed E-state index contributed by atoms with van der Waals surface area (Å²) in [7, 11) is 0. The third-order valence-corrected chi connectivity index (χ3v) is 7.12. The molecule has 0 saturated carbocycles. The molecule has 2 nitrogen and oxygen atoms in total. The Kier molecular flexibility index (Phi) is 4.36. The van der Waals surface area contributed by atoms with E-state index >= 15 is 0 Å². The quantitative estimate of drug-likeness (QED) is 0.234. The maximum absolute atomic E-state index is 13.5. The van der Waals surface area contributed by atoms with E-state index < -0.39 is 0 Å². The minimum Gasteiger partial charge on any atom is -0.308 e. The average molecular weight is 424 g/mol. The molecule has 6 rings (SSSR count). The van der Waals surface area contributed by atoms with Crippen LogP contribution in [0.4, 0.5) is 5.69 Å². The fourth-order valence-corrected chi connectivity index (χ4v) is 5.59. The van der Waals surface area contributed by atoms with Gasteiger partial charge in [0.05, 0.1) is 0 Å². The maximum Gasteiger partial charge on any atom is 0.254 e. The van der Waals surface area contributed by atoms with Crippen molar-refractivity contribution in [3.05, 3.63) is 94.5 Å². The second-order valence-electron chi connectivity index (χ2n) is 8.45. The summed E-state index contributed by atoms with van der Waals surface area (Å²) < 4.78 is 0. The molecule has 0 radical (unpaired) electrons. The number of anilines is 1. The fraction of sp³-hybridized carbons (Fsp3) is 0.179. The molecule has 0 atom stereocenters. The summed E-state index contributed by atoms with van der Waals surface area (Å²) in [6, 6.07) is 24.9. The number of fused-ring (bicyclic) bond motifs is 5. The Morgan fingerprint density at radius 2 is 1.45 bits per heavy atom. The Morgan fingerprint density at radius 3 is 2.32 bits per heavy atom. The number of hydrogen-bond donors (Lipinski definition) is 0. The van der Waals surface area contributed by atoms with Gasteiger partial charge in [-0.25, -0.2) is 0 Å². The Morgan fingerprint density at radius 1 is 0.677 bits per heavy atom. The Bertz CT molecular complexity index is 1390. The highest BCUT2D eigenvalue weighted by atomic mass is 35.5. The summed E-state index contributed by atoms with van der Waals surface area (Å²) in [6.45, 7) is 0.750. The first-order valence-electron chi connectivity index (χ1n) is 10.9. The lowest BCUT2D eigenvalue weighted by atomic mass is 9.81. The van der Waals surface area contributed by atoms with Crippen LogP contribution in [-0.2, 0) is 11.2 Å². The molecule has 0 N–H and O–H groups in total. The standard InChI is InChI=1S/C28H22ClNO/c29-26-11-5-9-20-21-13-12-18-6-4-10-23(27(18)24(21)15-14-22(20)26)25-16-17-30(28(25)31)19-7-2-1-3-8-19/h1-3,5,7-9,11-15H,4,6,10,16-17H2. The maximum atomic E-state index is 13.5. The van der Waals surface area contributed by atoms with Crippen LogP contribution in [0.25, 0.3) is 27.1 Å². The zero-order valence-corrected chi connectivity index (χ0v) is 18.0. The fourth-order valence-electron chi connectivity index (χ4n) is 5.36. The number of amides is 1. The third kappa shape index (κ3) is 2.90. The molecule has 1 heterocycles. The second-order valence-corrected chi connectivity index (χ2v) is 8.86. The zero-order chi connectivity index (χ0) is 20.9. The van der Waals surface area contributed by atoms with Crippen LogP contribution < -0.4 is 4.90 Å². The number of aryl methyl sites for hydroxylation is 1. The predicted molar refractivity (Wildman–Crippen MR) is 130 cm³/mol. The second kappa shape index (κ2) is 7.25. The number of nitrogens with zero attached hydrogens (tertiary/aromatic N) is 1. The number of rotatable bonds is 1. The summed E-state index contributed by atoms with van der Waals surface area (Å²) in [5, 5.41) is 5.48. The summed E-state index contributed by atoms with van der Waals surface area (Å²) in [5.41, 5.74) is 5.86. The van der Waals surface area contributed by atoms with Gasteiger partial charge in [0, 0.05) is 28.2 Å². The number of carbonyl (C=O) groups excluding carboxylic acids is 1. The minimum atomic E-state index is 0.162. The summed E-state index contributed by atoms with van der Waals surface area (Å²) >= 11 is 6.47. The first-order valence-corrected chi connectivity index (χ1v) is 11.3. The molecular formula is C28H22ClNO. The molecule has 31 heavy (non-hydrogen) atoms. The number of benzene rings is 4.